The maximum Gasteiger partial charge on any atom is 0.161 e. The van der Waals surface area contributed by atoms with Crippen molar-refractivity contribution >= 4 is 33.9 Å². The Hall–Kier alpha value is -1.54. The van der Waals surface area contributed by atoms with Crippen LogP contribution in [-0.2, 0) is 20.8 Å². The smallest absolute Gasteiger partial charge is 0.161 e. The zero-order chi connectivity index (χ0) is 29.8. The minimum Gasteiger partial charge on any atom is -0.497 e. The fourth-order valence-electron chi connectivity index (χ4n) is 5.37. The third-order valence-corrected chi connectivity index (χ3v) is 10.4. The van der Waals surface area contributed by atoms with Crippen LogP contribution in [0.15, 0.2) is 34.3 Å². The Labute approximate surface area is 252 Å². The summed E-state index contributed by atoms with van der Waals surface area (Å²) < 4.78 is 23.6. The lowest BCUT2D eigenvalue weighted by atomic mass is 9.88. The first-order valence-electron chi connectivity index (χ1n) is 14.3. The molecule has 230 valence electrons. The monoisotopic (exact) mass is 610 g/mol. The Morgan fingerprint density at radius 3 is 1.90 bits per heavy atom. The van der Waals surface area contributed by atoms with Crippen molar-refractivity contribution in [1.82, 2.24) is 9.80 Å². The lowest BCUT2D eigenvalue weighted by molar-refractivity contribution is -0.153. The van der Waals surface area contributed by atoms with Crippen LogP contribution in [0.5, 0.6) is 5.75 Å². The van der Waals surface area contributed by atoms with E-state index < -0.39 is 12.2 Å². The number of nitrogens with zero attached hydrogens (tertiary/aromatic N) is 4. The highest BCUT2D eigenvalue weighted by Crippen LogP contribution is 2.41. The van der Waals surface area contributed by atoms with E-state index in [9.17, 15) is 10.2 Å². The Kier molecular flexibility index (Phi) is 11.3. The van der Waals surface area contributed by atoms with Gasteiger partial charge in [0.25, 0.3) is 0 Å². The Bertz CT molecular complexity index is 1060. The number of hydrogen-bond acceptors (Lipinski definition) is 12. The van der Waals surface area contributed by atoms with Gasteiger partial charge in [0.2, 0.25) is 0 Å². The van der Waals surface area contributed by atoms with E-state index in [0.717, 1.165) is 28.1 Å². The van der Waals surface area contributed by atoms with Gasteiger partial charge in [-0.15, -0.1) is 0 Å². The summed E-state index contributed by atoms with van der Waals surface area (Å²) in [5.74, 6) is 1.18. The molecule has 0 amide bonds. The Morgan fingerprint density at radius 2 is 1.37 bits per heavy atom. The summed E-state index contributed by atoms with van der Waals surface area (Å²) in [6.07, 6.45) is 0.0116. The largest absolute Gasteiger partial charge is 0.497 e. The number of ether oxygens (including phenoxy) is 4. The van der Waals surface area contributed by atoms with Gasteiger partial charge in [-0.1, -0.05) is 56.4 Å². The van der Waals surface area contributed by atoms with Crippen LogP contribution >= 0.6 is 23.5 Å². The number of thioether (sulfide) groups is 2. The zero-order valence-electron chi connectivity index (χ0n) is 25.3. The topological polar surface area (TPSA) is 109 Å². The van der Waals surface area contributed by atoms with Crippen molar-refractivity contribution in [2.45, 2.75) is 93.7 Å². The molecule has 5 rings (SSSR count). The second kappa shape index (κ2) is 14.3. The summed E-state index contributed by atoms with van der Waals surface area (Å²) >= 11 is 3.22. The molecule has 0 spiro atoms. The van der Waals surface area contributed by atoms with Crippen LogP contribution in [0.2, 0.25) is 0 Å². The molecule has 0 unspecified atom stereocenters. The van der Waals surface area contributed by atoms with Crippen molar-refractivity contribution in [2.24, 2.45) is 15.9 Å². The standard InChI is InChI=1S/C19H28N2O3S.C10H18N2O3S/c1-6-15-12(2)17(16-18(24-15)25-19(20-16)21(3)4)23-11-13-7-9-14(22-5)10-8-13;1-4-5-7(13)8(14)6-9(15-5)16-10(11-6)12(2)3/h7-10,12,15-18H,6,11H2,1-5H3;5-9,13-14H,4H2,1-3H3/t12-,15-,16-,17+,18-;5-,6-,7-,8-,9-/m11/s1. The Morgan fingerprint density at radius 1 is 0.829 bits per heavy atom. The number of aliphatic hydroxyl groups is 2. The number of amidine groups is 2. The van der Waals surface area contributed by atoms with Crippen LogP contribution in [0.4, 0.5) is 0 Å². The van der Waals surface area contributed by atoms with Gasteiger partial charge in [0.15, 0.2) is 10.3 Å². The molecule has 12 heteroatoms. The maximum atomic E-state index is 9.98. The molecule has 0 aliphatic carbocycles. The molecule has 10 nitrogen and oxygen atoms in total. The van der Waals surface area contributed by atoms with Crippen molar-refractivity contribution in [3.63, 3.8) is 0 Å². The molecule has 0 bridgehead atoms. The van der Waals surface area contributed by atoms with Gasteiger partial charge in [0.1, 0.15) is 40.9 Å². The quantitative estimate of drug-likeness (QED) is 0.498. The highest BCUT2D eigenvalue weighted by atomic mass is 32.2. The minimum atomic E-state index is -0.836. The molecular weight excluding hydrogens is 564 g/mol. The number of aliphatic imine (C=N–C) groups is 2. The average Bonchev–Trinajstić information content (AvgIpc) is 3.60. The average molecular weight is 611 g/mol. The van der Waals surface area contributed by atoms with E-state index >= 15 is 0 Å². The molecule has 4 aliphatic rings. The number of benzene rings is 1. The SMILES string of the molecule is CC[C@H]1O[C@@H]2SC(N(C)C)=N[C@@H]2[C@@H](O)[C@@H]1O.CC[C@H]1O[C@@H]2SC(N(C)C)=N[C@@H]2[C@@H](OCc2ccc(OC)cc2)[C@@H]1C. The molecule has 2 saturated heterocycles. The molecule has 2 N–H and O–H groups in total. The van der Waals surface area contributed by atoms with Crippen LogP contribution < -0.4 is 4.74 Å². The van der Waals surface area contributed by atoms with Crippen molar-refractivity contribution in [2.75, 3.05) is 35.3 Å². The van der Waals surface area contributed by atoms with Crippen LogP contribution in [0.3, 0.4) is 0 Å². The number of methoxy groups -OCH3 is 1. The summed E-state index contributed by atoms with van der Waals surface area (Å²) in [5.41, 5.74) is 1.03. The predicted molar refractivity (Wildman–Crippen MR) is 166 cm³/mol. The van der Waals surface area contributed by atoms with Crippen molar-refractivity contribution in [1.29, 1.82) is 0 Å². The second-order valence-electron chi connectivity index (χ2n) is 11.2. The van der Waals surface area contributed by atoms with Gasteiger partial charge in [-0.05, 0) is 30.5 Å². The highest BCUT2D eigenvalue weighted by molar-refractivity contribution is 8.14. The van der Waals surface area contributed by atoms with Crippen LogP contribution in [0.25, 0.3) is 0 Å². The molecule has 0 saturated carbocycles. The number of hydrogen-bond donors (Lipinski definition) is 2. The fourth-order valence-corrected chi connectivity index (χ4v) is 7.69. The lowest BCUT2D eigenvalue weighted by Gasteiger charge is -2.41. The molecule has 4 heterocycles. The van der Waals surface area contributed by atoms with E-state index in [4.69, 9.17) is 23.9 Å². The van der Waals surface area contributed by atoms with Crippen LogP contribution in [0.1, 0.15) is 39.2 Å². The normalized spacial score (nSPS) is 35.9. The second-order valence-corrected chi connectivity index (χ2v) is 13.3. The number of rotatable bonds is 6. The number of aliphatic hydroxyl groups excluding tert-OH is 2. The van der Waals surface area contributed by atoms with Crippen molar-refractivity contribution in [3.8, 4) is 5.75 Å². The lowest BCUT2D eigenvalue weighted by Crippen LogP contribution is -2.54. The molecule has 0 radical (unpaired) electrons. The van der Waals surface area contributed by atoms with E-state index in [1.807, 2.05) is 52.1 Å². The van der Waals surface area contributed by atoms with Crippen molar-refractivity contribution in [3.05, 3.63) is 29.8 Å². The summed E-state index contributed by atoms with van der Waals surface area (Å²) in [5, 5.41) is 21.7. The summed E-state index contributed by atoms with van der Waals surface area (Å²) in [6, 6.07) is 7.75. The zero-order valence-corrected chi connectivity index (χ0v) is 27.0. The van der Waals surface area contributed by atoms with Crippen LogP contribution in [-0.4, -0.2) is 119 Å². The fraction of sp³-hybridized carbons (Fsp3) is 0.724. The first kappa shape index (κ1) is 32.4. The molecule has 4 aliphatic heterocycles. The molecule has 2 fully saturated rings. The van der Waals surface area contributed by atoms with Gasteiger partial charge >= 0.3 is 0 Å². The Balaban J connectivity index is 0.000000208. The van der Waals surface area contributed by atoms with E-state index in [2.05, 4.69) is 35.9 Å². The third kappa shape index (κ3) is 7.34. The molecule has 0 aromatic heterocycles. The summed E-state index contributed by atoms with van der Waals surface area (Å²) in [6.45, 7) is 6.91. The van der Waals surface area contributed by atoms with Gasteiger partial charge in [0.05, 0.1) is 32.0 Å². The summed E-state index contributed by atoms with van der Waals surface area (Å²) in [7, 11) is 9.54. The van der Waals surface area contributed by atoms with Gasteiger partial charge < -0.3 is 39.0 Å². The molecule has 1 aromatic rings. The molecule has 41 heavy (non-hydrogen) atoms. The maximum absolute atomic E-state index is 9.98. The number of fused-ring (bicyclic) bond motifs is 2. The van der Waals surface area contributed by atoms with E-state index in [1.165, 1.54) is 11.8 Å². The van der Waals surface area contributed by atoms with Crippen LogP contribution in [0, 0.1) is 5.92 Å². The van der Waals surface area contributed by atoms with Gasteiger partial charge in [-0.3, -0.25) is 9.98 Å². The summed E-state index contributed by atoms with van der Waals surface area (Å²) in [4.78, 5) is 13.2. The first-order valence-corrected chi connectivity index (χ1v) is 16.1. The molecule has 1 aromatic carbocycles. The van der Waals surface area contributed by atoms with Gasteiger partial charge in [-0.2, -0.15) is 0 Å². The predicted octanol–water partition coefficient (Wildman–Crippen LogP) is 3.26. The van der Waals surface area contributed by atoms with Gasteiger partial charge in [-0.25, -0.2) is 0 Å². The van der Waals surface area contributed by atoms with Crippen molar-refractivity contribution < 1.29 is 29.2 Å². The van der Waals surface area contributed by atoms with E-state index in [-0.39, 0.29) is 41.3 Å². The highest BCUT2D eigenvalue weighted by Gasteiger charge is 2.49. The van der Waals surface area contributed by atoms with Gasteiger partial charge in [0, 0.05) is 34.1 Å². The third-order valence-electron chi connectivity index (χ3n) is 7.83. The molecule has 10 atom stereocenters. The molecular formula is C29H46N4O6S2. The minimum absolute atomic E-state index is 0.0541. The van der Waals surface area contributed by atoms with E-state index in [1.54, 1.807) is 18.9 Å². The first-order chi connectivity index (χ1) is 19.6. The van der Waals surface area contributed by atoms with E-state index in [0.29, 0.717) is 18.9 Å².